The van der Waals surface area contributed by atoms with Crippen molar-refractivity contribution in [2.24, 2.45) is 0 Å². The molecule has 6 heteroatoms. The molecule has 0 saturated carbocycles. The van der Waals surface area contributed by atoms with Gasteiger partial charge in [0.2, 0.25) is 5.91 Å². The normalized spacial score (nSPS) is 17.6. The number of amides is 1. The number of likely N-dealkylation sites (tertiary alicyclic amines) is 1. The van der Waals surface area contributed by atoms with Crippen LogP contribution in [0.25, 0.3) is 0 Å². The lowest BCUT2D eigenvalue weighted by molar-refractivity contribution is -0.122. The maximum absolute atomic E-state index is 13.2. The number of nitrogen functional groups attached to an aromatic ring is 1. The molecule has 0 aromatic heterocycles. The van der Waals surface area contributed by atoms with Crippen molar-refractivity contribution in [3.05, 3.63) is 64.4 Å². The fraction of sp³-hybridized carbons (Fsp3) is 0.381. The number of halogens is 2. The van der Waals surface area contributed by atoms with E-state index < -0.39 is 0 Å². The highest BCUT2D eigenvalue weighted by molar-refractivity contribution is 6.31. The van der Waals surface area contributed by atoms with Gasteiger partial charge in [0.15, 0.2) is 0 Å². The first kappa shape index (κ1) is 19.6. The van der Waals surface area contributed by atoms with Crippen LogP contribution >= 0.6 is 11.6 Å². The summed E-state index contributed by atoms with van der Waals surface area (Å²) in [6.07, 6.45) is 3.04. The molecule has 1 saturated heterocycles. The molecule has 1 unspecified atom stereocenters. The molecule has 3 N–H and O–H groups in total. The zero-order chi connectivity index (χ0) is 19.2. The molecule has 2 aromatic carbocycles. The number of anilines is 1. The standard InChI is InChI=1S/C21H25ClFN3O/c22-19-12-17(23)9-7-16(19)13-26-11-3-5-18(14-26)25-21(27)10-8-15-4-1-2-6-20(15)24/h1-2,4,6-7,9,12,18H,3,5,8,10-11,13-14,24H2,(H,25,27). The maximum atomic E-state index is 13.2. The van der Waals surface area contributed by atoms with Crippen LogP contribution in [-0.4, -0.2) is 29.9 Å². The highest BCUT2D eigenvalue weighted by Gasteiger charge is 2.22. The quantitative estimate of drug-likeness (QED) is 0.739. The zero-order valence-electron chi connectivity index (χ0n) is 15.3. The van der Waals surface area contributed by atoms with Crippen LogP contribution in [0.3, 0.4) is 0 Å². The summed E-state index contributed by atoms with van der Waals surface area (Å²) in [6, 6.07) is 12.3. The van der Waals surface area contributed by atoms with E-state index in [9.17, 15) is 9.18 Å². The summed E-state index contributed by atoms with van der Waals surface area (Å²) in [6.45, 7) is 2.37. The van der Waals surface area contributed by atoms with Gasteiger partial charge in [0.25, 0.3) is 0 Å². The van der Waals surface area contributed by atoms with Crippen molar-refractivity contribution in [3.63, 3.8) is 0 Å². The van der Waals surface area contributed by atoms with E-state index in [1.165, 1.54) is 12.1 Å². The van der Waals surface area contributed by atoms with Gasteiger partial charge in [-0.15, -0.1) is 0 Å². The molecule has 3 rings (SSSR count). The second kappa shape index (κ2) is 9.20. The van der Waals surface area contributed by atoms with Gasteiger partial charge in [-0.2, -0.15) is 0 Å². The summed E-state index contributed by atoms with van der Waals surface area (Å²) in [5.41, 5.74) is 8.57. The SMILES string of the molecule is Nc1ccccc1CCC(=O)NC1CCCN(Cc2ccc(F)cc2Cl)C1. The van der Waals surface area contributed by atoms with Crippen LogP contribution < -0.4 is 11.1 Å². The lowest BCUT2D eigenvalue weighted by Crippen LogP contribution is -2.47. The first-order valence-corrected chi connectivity index (χ1v) is 9.68. The number of hydrogen-bond donors (Lipinski definition) is 2. The average molecular weight is 390 g/mol. The molecule has 27 heavy (non-hydrogen) atoms. The Morgan fingerprint density at radius 3 is 2.85 bits per heavy atom. The van der Waals surface area contributed by atoms with Crippen molar-refractivity contribution in [2.75, 3.05) is 18.8 Å². The van der Waals surface area contributed by atoms with Crippen LogP contribution in [0.15, 0.2) is 42.5 Å². The Labute approximate surface area is 164 Å². The van der Waals surface area contributed by atoms with Crippen molar-refractivity contribution >= 4 is 23.2 Å². The highest BCUT2D eigenvalue weighted by atomic mass is 35.5. The van der Waals surface area contributed by atoms with Crippen molar-refractivity contribution in [3.8, 4) is 0 Å². The van der Waals surface area contributed by atoms with Gasteiger partial charge in [0.1, 0.15) is 5.82 Å². The van der Waals surface area contributed by atoms with Crippen LogP contribution in [0.2, 0.25) is 5.02 Å². The minimum absolute atomic E-state index is 0.0462. The topological polar surface area (TPSA) is 58.4 Å². The summed E-state index contributed by atoms with van der Waals surface area (Å²) in [7, 11) is 0. The Morgan fingerprint density at radius 2 is 2.07 bits per heavy atom. The number of benzene rings is 2. The fourth-order valence-electron chi connectivity index (χ4n) is 3.52. The molecule has 0 spiro atoms. The molecule has 0 bridgehead atoms. The van der Waals surface area contributed by atoms with Crippen LogP contribution in [0, 0.1) is 5.82 Å². The number of carbonyl (C=O) groups is 1. The third-order valence-corrected chi connectivity index (χ3v) is 5.31. The van der Waals surface area contributed by atoms with Crippen molar-refractivity contribution in [1.29, 1.82) is 0 Å². The van der Waals surface area contributed by atoms with Gasteiger partial charge in [0, 0.05) is 36.3 Å². The number of rotatable bonds is 6. The Balaban J connectivity index is 1.49. The summed E-state index contributed by atoms with van der Waals surface area (Å²) in [5.74, 6) is -0.281. The fourth-order valence-corrected chi connectivity index (χ4v) is 3.74. The van der Waals surface area contributed by atoms with Gasteiger partial charge in [-0.3, -0.25) is 9.69 Å². The summed E-state index contributed by atoms with van der Waals surface area (Å²) < 4.78 is 13.2. The van der Waals surface area contributed by atoms with E-state index in [1.807, 2.05) is 24.3 Å². The van der Waals surface area contributed by atoms with Gasteiger partial charge in [-0.05, 0) is 55.1 Å². The Hall–Kier alpha value is -2.11. The molecular weight excluding hydrogens is 365 g/mol. The largest absolute Gasteiger partial charge is 0.399 e. The minimum Gasteiger partial charge on any atom is -0.399 e. The number of nitrogens with one attached hydrogen (secondary N) is 1. The van der Waals surface area contributed by atoms with Crippen molar-refractivity contribution in [2.45, 2.75) is 38.3 Å². The number of carbonyl (C=O) groups excluding carboxylic acids is 1. The Kier molecular flexibility index (Phi) is 6.69. The predicted molar refractivity (Wildman–Crippen MR) is 107 cm³/mol. The molecule has 0 radical (unpaired) electrons. The monoisotopic (exact) mass is 389 g/mol. The lowest BCUT2D eigenvalue weighted by atomic mass is 10.0. The van der Waals surface area contributed by atoms with Crippen LogP contribution in [-0.2, 0) is 17.8 Å². The van der Waals surface area contributed by atoms with Crippen molar-refractivity contribution < 1.29 is 9.18 Å². The van der Waals surface area contributed by atoms with Crippen LogP contribution in [0.4, 0.5) is 10.1 Å². The zero-order valence-corrected chi connectivity index (χ0v) is 16.0. The first-order chi connectivity index (χ1) is 13.0. The Bertz CT molecular complexity index is 799. The number of hydrogen-bond acceptors (Lipinski definition) is 3. The Morgan fingerprint density at radius 1 is 1.26 bits per heavy atom. The van der Waals surface area contributed by atoms with Gasteiger partial charge >= 0.3 is 0 Å². The number of nitrogens with two attached hydrogens (primary N) is 1. The van der Waals surface area contributed by atoms with Gasteiger partial charge in [-0.1, -0.05) is 35.9 Å². The second-order valence-electron chi connectivity index (χ2n) is 7.08. The van der Waals surface area contributed by atoms with Crippen LogP contribution in [0.5, 0.6) is 0 Å². The van der Waals surface area contributed by atoms with E-state index in [0.29, 0.717) is 24.4 Å². The van der Waals surface area contributed by atoms with E-state index in [0.717, 1.165) is 42.7 Å². The van der Waals surface area contributed by atoms with E-state index in [4.69, 9.17) is 17.3 Å². The van der Waals surface area contributed by atoms with E-state index in [-0.39, 0.29) is 17.8 Å². The molecule has 1 atom stereocenters. The van der Waals surface area contributed by atoms with Gasteiger partial charge < -0.3 is 11.1 Å². The second-order valence-corrected chi connectivity index (χ2v) is 7.48. The average Bonchev–Trinajstić information content (AvgIpc) is 2.64. The first-order valence-electron chi connectivity index (χ1n) is 9.30. The van der Waals surface area contributed by atoms with Crippen molar-refractivity contribution in [1.82, 2.24) is 10.2 Å². The number of nitrogens with zero attached hydrogens (tertiary/aromatic N) is 1. The highest BCUT2D eigenvalue weighted by Crippen LogP contribution is 2.21. The van der Waals surface area contributed by atoms with E-state index in [1.54, 1.807) is 6.07 Å². The van der Waals surface area contributed by atoms with Gasteiger partial charge in [-0.25, -0.2) is 4.39 Å². The van der Waals surface area contributed by atoms with Crippen LogP contribution in [0.1, 0.15) is 30.4 Å². The minimum atomic E-state index is -0.327. The lowest BCUT2D eigenvalue weighted by Gasteiger charge is -2.33. The molecule has 1 fully saturated rings. The number of piperidine rings is 1. The molecule has 1 heterocycles. The number of aryl methyl sites for hydroxylation is 1. The molecule has 1 aliphatic rings. The molecule has 1 aliphatic heterocycles. The third-order valence-electron chi connectivity index (χ3n) is 4.96. The molecular formula is C21H25ClFN3O. The summed E-state index contributed by atoms with van der Waals surface area (Å²) in [4.78, 5) is 14.6. The van der Waals surface area contributed by atoms with E-state index >= 15 is 0 Å². The molecule has 0 aliphatic carbocycles. The maximum Gasteiger partial charge on any atom is 0.220 e. The molecule has 144 valence electrons. The molecule has 2 aromatic rings. The van der Waals surface area contributed by atoms with Gasteiger partial charge in [0.05, 0.1) is 0 Å². The molecule has 1 amide bonds. The summed E-state index contributed by atoms with van der Waals surface area (Å²) >= 11 is 6.14. The summed E-state index contributed by atoms with van der Waals surface area (Å²) in [5, 5.41) is 3.58. The van der Waals surface area contributed by atoms with E-state index in [2.05, 4.69) is 10.2 Å². The molecule has 4 nitrogen and oxygen atoms in total. The smallest absolute Gasteiger partial charge is 0.220 e. The predicted octanol–water partition coefficient (Wildman–Crippen LogP) is 3.77. The number of para-hydroxylation sites is 1. The third kappa shape index (κ3) is 5.68.